The van der Waals surface area contributed by atoms with Gasteiger partial charge in [-0.3, -0.25) is 4.68 Å². The van der Waals surface area contributed by atoms with Gasteiger partial charge >= 0.3 is 0 Å². The van der Waals surface area contributed by atoms with E-state index in [1.807, 2.05) is 30.8 Å². The Bertz CT molecular complexity index is 500. The molecule has 2 rings (SSSR count). The molecule has 2 heterocycles. The largest absolute Gasteiger partial charge is 0.469 e. The molecule has 98 valence electrons. The van der Waals surface area contributed by atoms with E-state index >= 15 is 0 Å². The maximum Gasteiger partial charge on any atom is 0.106 e. The molecule has 0 aliphatic carbocycles. The van der Waals surface area contributed by atoms with Gasteiger partial charge in [-0.15, -0.1) is 0 Å². The average molecular weight is 248 g/mol. The van der Waals surface area contributed by atoms with Crippen LogP contribution in [-0.4, -0.2) is 21.0 Å². The lowest BCUT2D eigenvalue weighted by atomic mass is 10.0. The molecule has 18 heavy (non-hydrogen) atoms. The minimum absolute atomic E-state index is 0.366. The molecule has 0 saturated heterocycles. The Labute approximate surface area is 107 Å². The Hall–Kier alpha value is -1.55. The molecule has 4 heteroatoms. The maximum absolute atomic E-state index is 9.98. The molecule has 0 aliphatic rings. The molecule has 1 N–H and O–H groups in total. The summed E-state index contributed by atoms with van der Waals surface area (Å²) >= 11 is 0. The monoisotopic (exact) mass is 248 g/mol. The van der Waals surface area contributed by atoms with Gasteiger partial charge in [-0.1, -0.05) is 0 Å². The maximum atomic E-state index is 9.98. The van der Waals surface area contributed by atoms with Crippen LogP contribution in [0.25, 0.3) is 0 Å². The summed E-state index contributed by atoms with van der Waals surface area (Å²) in [5.74, 6) is 0.835. The van der Waals surface area contributed by atoms with Crippen LogP contribution in [0.3, 0.4) is 0 Å². The number of hydrogen-bond donors (Lipinski definition) is 1. The lowest BCUT2D eigenvalue weighted by Gasteiger charge is -2.09. The highest BCUT2D eigenvalue weighted by Crippen LogP contribution is 2.16. The summed E-state index contributed by atoms with van der Waals surface area (Å²) in [4.78, 5) is 0. The zero-order chi connectivity index (χ0) is 13.1. The minimum Gasteiger partial charge on any atom is -0.469 e. The Morgan fingerprint density at radius 3 is 2.78 bits per heavy atom. The van der Waals surface area contributed by atoms with Crippen LogP contribution in [0.2, 0.25) is 0 Å². The van der Waals surface area contributed by atoms with E-state index in [0.29, 0.717) is 6.42 Å². The molecule has 1 atom stereocenters. The molecule has 0 fully saturated rings. The number of furan rings is 1. The first-order valence-corrected chi connectivity index (χ1v) is 6.27. The smallest absolute Gasteiger partial charge is 0.106 e. The van der Waals surface area contributed by atoms with Gasteiger partial charge in [0, 0.05) is 19.2 Å². The normalized spacial score (nSPS) is 12.9. The van der Waals surface area contributed by atoms with Crippen molar-refractivity contribution in [3.8, 4) is 0 Å². The molecule has 0 amide bonds. The second-order valence-corrected chi connectivity index (χ2v) is 4.75. The molecule has 2 aromatic rings. The Balaban J connectivity index is 1.91. The first-order valence-electron chi connectivity index (χ1n) is 6.27. The zero-order valence-electron chi connectivity index (χ0n) is 11.2. The van der Waals surface area contributed by atoms with Gasteiger partial charge in [-0.2, -0.15) is 5.10 Å². The summed E-state index contributed by atoms with van der Waals surface area (Å²) in [6.07, 6.45) is 3.43. The molecular weight excluding hydrogens is 228 g/mol. The van der Waals surface area contributed by atoms with Crippen LogP contribution in [0.1, 0.15) is 29.1 Å². The highest BCUT2D eigenvalue weighted by Gasteiger charge is 2.13. The van der Waals surface area contributed by atoms with Crippen LogP contribution in [0, 0.1) is 13.8 Å². The van der Waals surface area contributed by atoms with Gasteiger partial charge < -0.3 is 9.52 Å². The summed E-state index contributed by atoms with van der Waals surface area (Å²) in [6, 6.07) is 3.74. The predicted molar refractivity (Wildman–Crippen MR) is 69.4 cm³/mol. The van der Waals surface area contributed by atoms with Gasteiger partial charge in [-0.25, -0.2) is 0 Å². The van der Waals surface area contributed by atoms with Gasteiger partial charge in [0.25, 0.3) is 0 Å². The molecule has 0 aliphatic heterocycles. The van der Waals surface area contributed by atoms with E-state index in [9.17, 15) is 5.11 Å². The van der Waals surface area contributed by atoms with Crippen molar-refractivity contribution in [3.63, 3.8) is 0 Å². The van der Waals surface area contributed by atoms with E-state index in [1.54, 1.807) is 6.26 Å². The summed E-state index contributed by atoms with van der Waals surface area (Å²) < 4.78 is 7.12. The topological polar surface area (TPSA) is 51.2 Å². The van der Waals surface area contributed by atoms with E-state index in [-0.39, 0.29) is 6.10 Å². The van der Waals surface area contributed by atoms with Crippen molar-refractivity contribution in [3.05, 3.63) is 41.1 Å². The number of aromatic nitrogens is 2. The van der Waals surface area contributed by atoms with Gasteiger partial charge in [0.05, 0.1) is 18.1 Å². The van der Waals surface area contributed by atoms with Gasteiger partial charge in [0.15, 0.2) is 0 Å². The highest BCUT2D eigenvalue weighted by molar-refractivity contribution is 5.24. The number of hydrogen-bond acceptors (Lipinski definition) is 3. The first-order chi connectivity index (χ1) is 8.58. The fourth-order valence-corrected chi connectivity index (χ4v) is 2.25. The lowest BCUT2D eigenvalue weighted by molar-refractivity contribution is 0.158. The van der Waals surface area contributed by atoms with Crippen LogP contribution in [0.4, 0.5) is 0 Å². The number of aryl methyl sites for hydroxylation is 2. The van der Waals surface area contributed by atoms with Crippen LogP contribution in [0.15, 0.2) is 22.8 Å². The van der Waals surface area contributed by atoms with Crippen molar-refractivity contribution >= 4 is 0 Å². The fraction of sp³-hybridized carbons (Fsp3) is 0.500. The molecular formula is C14H20N2O2. The number of nitrogens with zero attached hydrogens (tertiary/aromatic N) is 2. The van der Waals surface area contributed by atoms with E-state index < -0.39 is 0 Å². The van der Waals surface area contributed by atoms with Crippen molar-refractivity contribution in [2.75, 3.05) is 0 Å². The van der Waals surface area contributed by atoms with Crippen molar-refractivity contribution in [2.45, 2.75) is 39.2 Å². The SMILES string of the molecule is Cc1nn(C)c(C)c1CCC(O)Cc1ccco1. The molecule has 0 spiro atoms. The van der Waals surface area contributed by atoms with E-state index in [2.05, 4.69) is 12.0 Å². The van der Waals surface area contributed by atoms with E-state index in [0.717, 1.165) is 24.3 Å². The second-order valence-electron chi connectivity index (χ2n) is 4.75. The van der Waals surface area contributed by atoms with Crippen molar-refractivity contribution < 1.29 is 9.52 Å². The highest BCUT2D eigenvalue weighted by atomic mass is 16.3. The van der Waals surface area contributed by atoms with Gasteiger partial charge in [-0.05, 0) is 44.4 Å². The van der Waals surface area contributed by atoms with Crippen LogP contribution in [0.5, 0.6) is 0 Å². The van der Waals surface area contributed by atoms with Crippen LogP contribution in [-0.2, 0) is 19.9 Å². The Morgan fingerprint density at radius 2 is 2.22 bits per heavy atom. The zero-order valence-corrected chi connectivity index (χ0v) is 11.2. The molecule has 0 radical (unpaired) electrons. The second kappa shape index (κ2) is 5.40. The Kier molecular flexibility index (Phi) is 3.87. The summed E-state index contributed by atoms with van der Waals surface area (Å²) in [6.45, 7) is 4.08. The predicted octanol–water partition coefficient (Wildman–Crippen LogP) is 2.17. The summed E-state index contributed by atoms with van der Waals surface area (Å²) in [5.41, 5.74) is 3.48. The van der Waals surface area contributed by atoms with Crippen LogP contribution < -0.4 is 0 Å². The number of aliphatic hydroxyl groups is 1. The number of rotatable bonds is 5. The van der Waals surface area contributed by atoms with E-state index in [4.69, 9.17) is 4.42 Å². The molecule has 0 aromatic carbocycles. The van der Waals surface area contributed by atoms with E-state index in [1.165, 1.54) is 11.3 Å². The van der Waals surface area contributed by atoms with Crippen molar-refractivity contribution in [1.29, 1.82) is 0 Å². The third-order valence-electron chi connectivity index (χ3n) is 3.40. The molecule has 4 nitrogen and oxygen atoms in total. The molecule has 1 unspecified atom stereocenters. The molecule has 0 saturated carbocycles. The third kappa shape index (κ3) is 2.82. The Morgan fingerprint density at radius 1 is 1.44 bits per heavy atom. The van der Waals surface area contributed by atoms with Crippen molar-refractivity contribution in [1.82, 2.24) is 9.78 Å². The average Bonchev–Trinajstić information content (AvgIpc) is 2.88. The minimum atomic E-state index is -0.366. The summed E-state index contributed by atoms with van der Waals surface area (Å²) in [5, 5.41) is 14.4. The quantitative estimate of drug-likeness (QED) is 0.882. The first kappa shape index (κ1) is 12.9. The standard InChI is InChI=1S/C14H20N2O2/c1-10-14(11(2)16(3)15-10)7-6-12(17)9-13-5-4-8-18-13/h4-5,8,12,17H,6-7,9H2,1-3H3. The fourth-order valence-electron chi connectivity index (χ4n) is 2.25. The molecule has 0 bridgehead atoms. The van der Waals surface area contributed by atoms with Crippen LogP contribution >= 0.6 is 0 Å². The molecule has 2 aromatic heterocycles. The van der Waals surface area contributed by atoms with Crippen molar-refractivity contribution in [2.24, 2.45) is 7.05 Å². The number of aliphatic hydroxyl groups excluding tert-OH is 1. The van der Waals surface area contributed by atoms with Gasteiger partial charge in [0.1, 0.15) is 5.76 Å². The summed E-state index contributed by atoms with van der Waals surface area (Å²) in [7, 11) is 1.95. The third-order valence-corrected chi connectivity index (χ3v) is 3.40. The van der Waals surface area contributed by atoms with Gasteiger partial charge in [0.2, 0.25) is 0 Å². The lowest BCUT2D eigenvalue weighted by Crippen LogP contribution is -2.11.